The molecule has 0 unspecified atom stereocenters. The molecule has 1 heterocycles. The molecule has 140 valence electrons. The molecule has 1 aromatic heterocycles. The van der Waals surface area contributed by atoms with Crippen LogP contribution in [0.3, 0.4) is 0 Å². The Bertz CT molecular complexity index is 850. The number of hydrogen-bond acceptors (Lipinski definition) is 4. The van der Waals surface area contributed by atoms with Crippen molar-refractivity contribution in [2.24, 2.45) is 0 Å². The Morgan fingerprint density at radius 3 is 2.59 bits per heavy atom. The number of aryl methyl sites for hydroxylation is 1. The summed E-state index contributed by atoms with van der Waals surface area (Å²) in [6, 6.07) is 16.7. The zero-order valence-electron chi connectivity index (χ0n) is 14.9. The minimum Gasteiger partial charge on any atom is -0.302 e. The highest BCUT2D eigenvalue weighted by Gasteiger charge is 2.07. The Labute approximate surface area is 167 Å². The molecule has 0 aliphatic carbocycles. The summed E-state index contributed by atoms with van der Waals surface area (Å²) in [7, 11) is 0. The number of thioether (sulfide) groups is 1. The van der Waals surface area contributed by atoms with E-state index in [9.17, 15) is 9.18 Å². The molecule has 0 saturated heterocycles. The highest BCUT2D eigenvalue weighted by Crippen LogP contribution is 2.22. The van der Waals surface area contributed by atoms with Gasteiger partial charge in [0.25, 0.3) is 0 Å². The molecule has 3 rings (SSSR count). The van der Waals surface area contributed by atoms with E-state index in [0.29, 0.717) is 11.6 Å². The van der Waals surface area contributed by atoms with E-state index in [1.54, 1.807) is 23.9 Å². The van der Waals surface area contributed by atoms with Crippen LogP contribution >= 0.6 is 23.1 Å². The summed E-state index contributed by atoms with van der Waals surface area (Å²) in [5.41, 5.74) is 3.29. The van der Waals surface area contributed by atoms with Crippen molar-refractivity contribution in [3.05, 3.63) is 82.6 Å². The summed E-state index contributed by atoms with van der Waals surface area (Å²) in [5.74, 6) is 1.36. The van der Waals surface area contributed by atoms with Gasteiger partial charge in [-0.25, -0.2) is 9.37 Å². The molecule has 1 amide bonds. The molecule has 6 heteroatoms. The summed E-state index contributed by atoms with van der Waals surface area (Å²) in [5, 5.41) is 5.50. The summed E-state index contributed by atoms with van der Waals surface area (Å²) >= 11 is 3.17. The fourth-order valence-electron chi connectivity index (χ4n) is 2.56. The van der Waals surface area contributed by atoms with E-state index in [2.05, 4.69) is 22.4 Å². The summed E-state index contributed by atoms with van der Waals surface area (Å²) in [6.45, 7) is 0. The van der Waals surface area contributed by atoms with Crippen molar-refractivity contribution in [2.45, 2.75) is 30.8 Å². The molecule has 27 heavy (non-hydrogen) atoms. The molecule has 0 bridgehead atoms. The zero-order valence-corrected chi connectivity index (χ0v) is 16.5. The lowest BCUT2D eigenvalue weighted by Gasteiger charge is -2.02. The number of carbonyl (C=O) groups is 1. The van der Waals surface area contributed by atoms with Gasteiger partial charge in [-0.3, -0.25) is 4.79 Å². The van der Waals surface area contributed by atoms with Crippen LogP contribution < -0.4 is 5.32 Å². The van der Waals surface area contributed by atoms with E-state index in [4.69, 9.17) is 0 Å². The van der Waals surface area contributed by atoms with Crippen molar-refractivity contribution in [3.8, 4) is 0 Å². The Morgan fingerprint density at radius 2 is 1.81 bits per heavy atom. The number of anilines is 1. The first-order valence-corrected chi connectivity index (χ1v) is 10.8. The summed E-state index contributed by atoms with van der Waals surface area (Å²) in [4.78, 5) is 16.5. The Hall–Kier alpha value is -2.18. The first-order valence-electron chi connectivity index (χ1n) is 8.79. The number of nitrogens with one attached hydrogen (secondary N) is 1. The van der Waals surface area contributed by atoms with Gasteiger partial charge in [0, 0.05) is 23.3 Å². The van der Waals surface area contributed by atoms with Crippen LogP contribution in [0.15, 0.2) is 60.0 Å². The molecule has 1 N–H and O–H groups in total. The highest BCUT2D eigenvalue weighted by molar-refractivity contribution is 7.97. The molecule has 0 radical (unpaired) electrons. The van der Waals surface area contributed by atoms with E-state index >= 15 is 0 Å². The van der Waals surface area contributed by atoms with Crippen molar-refractivity contribution >= 4 is 34.1 Å². The maximum Gasteiger partial charge on any atom is 0.226 e. The SMILES string of the molecule is O=C(CCCc1ccccc1)Nc1nc(CSCc2ccc(F)cc2)cs1. The Balaban J connectivity index is 1.37. The monoisotopic (exact) mass is 400 g/mol. The minimum absolute atomic E-state index is 0.00537. The second-order valence-electron chi connectivity index (χ2n) is 6.15. The van der Waals surface area contributed by atoms with Crippen LogP contribution in [0.25, 0.3) is 0 Å². The predicted octanol–water partition coefficient (Wildman–Crippen LogP) is 5.68. The first-order chi connectivity index (χ1) is 13.2. The fraction of sp³-hybridized carbons (Fsp3) is 0.238. The van der Waals surface area contributed by atoms with Crippen LogP contribution in [0.2, 0.25) is 0 Å². The van der Waals surface area contributed by atoms with Gasteiger partial charge in [-0.2, -0.15) is 11.8 Å². The molecule has 3 nitrogen and oxygen atoms in total. The van der Waals surface area contributed by atoms with Crippen molar-refractivity contribution in [1.29, 1.82) is 0 Å². The average molecular weight is 401 g/mol. The number of carbonyl (C=O) groups excluding carboxylic acids is 1. The molecule has 0 aliphatic heterocycles. The molecular formula is C21H21FN2OS2. The number of amides is 1. The van der Waals surface area contributed by atoms with Gasteiger partial charge in [-0.15, -0.1) is 11.3 Å². The third-order valence-corrected chi connectivity index (χ3v) is 5.79. The predicted molar refractivity (Wildman–Crippen MR) is 112 cm³/mol. The molecule has 0 aliphatic rings. The third-order valence-electron chi connectivity index (χ3n) is 3.94. The highest BCUT2D eigenvalue weighted by atomic mass is 32.2. The van der Waals surface area contributed by atoms with Gasteiger partial charge in [0.1, 0.15) is 5.82 Å². The van der Waals surface area contributed by atoms with Crippen LogP contribution in [-0.2, 0) is 22.7 Å². The zero-order chi connectivity index (χ0) is 18.9. The number of thiazole rings is 1. The number of aromatic nitrogens is 1. The number of benzene rings is 2. The van der Waals surface area contributed by atoms with Crippen molar-refractivity contribution in [3.63, 3.8) is 0 Å². The van der Waals surface area contributed by atoms with E-state index in [-0.39, 0.29) is 11.7 Å². The van der Waals surface area contributed by atoms with Crippen LogP contribution in [0.1, 0.15) is 29.7 Å². The molecule has 2 aromatic carbocycles. The lowest BCUT2D eigenvalue weighted by Crippen LogP contribution is -2.11. The molecule has 0 fully saturated rings. The van der Waals surface area contributed by atoms with E-state index in [0.717, 1.165) is 35.6 Å². The smallest absolute Gasteiger partial charge is 0.226 e. The minimum atomic E-state index is -0.215. The van der Waals surface area contributed by atoms with Gasteiger partial charge >= 0.3 is 0 Å². The van der Waals surface area contributed by atoms with Crippen LogP contribution in [0.4, 0.5) is 9.52 Å². The van der Waals surface area contributed by atoms with Crippen molar-refractivity contribution in [2.75, 3.05) is 5.32 Å². The number of nitrogens with zero attached hydrogens (tertiary/aromatic N) is 1. The molecule has 0 spiro atoms. The van der Waals surface area contributed by atoms with E-state index in [1.165, 1.54) is 29.0 Å². The maximum absolute atomic E-state index is 12.9. The Kier molecular flexibility index (Phi) is 7.42. The third kappa shape index (κ3) is 6.81. The van der Waals surface area contributed by atoms with Crippen molar-refractivity contribution < 1.29 is 9.18 Å². The molecule has 0 saturated carbocycles. The second-order valence-corrected chi connectivity index (χ2v) is 7.99. The quantitative estimate of drug-likeness (QED) is 0.503. The normalized spacial score (nSPS) is 10.7. The standard InChI is InChI=1S/C21H21FN2OS2/c22-18-11-9-17(10-12-18)13-26-14-19-15-27-21(23-19)24-20(25)8-4-7-16-5-2-1-3-6-16/h1-3,5-6,9-12,15H,4,7-8,13-14H2,(H,23,24,25). The van der Waals surface area contributed by atoms with Gasteiger partial charge in [0.2, 0.25) is 5.91 Å². The lowest BCUT2D eigenvalue weighted by molar-refractivity contribution is -0.116. The maximum atomic E-state index is 12.9. The topological polar surface area (TPSA) is 42.0 Å². The fourth-order valence-corrected chi connectivity index (χ4v) is 4.28. The number of halogens is 1. The van der Waals surface area contributed by atoms with Gasteiger partial charge in [-0.1, -0.05) is 42.5 Å². The molecule has 0 atom stereocenters. The number of hydrogen-bond donors (Lipinski definition) is 1. The average Bonchev–Trinajstić information content (AvgIpc) is 3.11. The summed E-state index contributed by atoms with van der Waals surface area (Å²) in [6.07, 6.45) is 2.21. The largest absolute Gasteiger partial charge is 0.302 e. The van der Waals surface area contributed by atoms with Gasteiger partial charge in [0.05, 0.1) is 5.69 Å². The van der Waals surface area contributed by atoms with Crippen LogP contribution in [0.5, 0.6) is 0 Å². The van der Waals surface area contributed by atoms with Gasteiger partial charge < -0.3 is 5.32 Å². The molecular weight excluding hydrogens is 379 g/mol. The van der Waals surface area contributed by atoms with E-state index in [1.807, 2.05) is 23.6 Å². The lowest BCUT2D eigenvalue weighted by atomic mass is 10.1. The molecule has 3 aromatic rings. The van der Waals surface area contributed by atoms with Crippen LogP contribution in [-0.4, -0.2) is 10.9 Å². The first kappa shape index (κ1) is 19.6. The van der Waals surface area contributed by atoms with E-state index < -0.39 is 0 Å². The number of rotatable bonds is 9. The summed E-state index contributed by atoms with van der Waals surface area (Å²) < 4.78 is 12.9. The van der Waals surface area contributed by atoms with Gasteiger partial charge in [-0.05, 0) is 36.1 Å². The Morgan fingerprint density at radius 1 is 1.04 bits per heavy atom. The van der Waals surface area contributed by atoms with Crippen LogP contribution in [0, 0.1) is 5.82 Å². The van der Waals surface area contributed by atoms with Gasteiger partial charge in [0.15, 0.2) is 5.13 Å². The second kappa shape index (κ2) is 10.2. The van der Waals surface area contributed by atoms with Crippen molar-refractivity contribution in [1.82, 2.24) is 4.98 Å².